The number of benzene rings is 3. The van der Waals surface area contributed by atoms with Gasteiger partial charge in [0.2, 0.25) is 0 Å². The van der Waals surface area contributed by atoms with Gasteiger partial charge in [-0.3, -0.25) is 10.2 Å². The Bertz CT molecular complexity index is 953. The smallest absolute Gasteiger partial charge is 0.193 e. The van der Waals surface area contributed by atoms with Crippen LogP contribution in [0.25, 0.3) is 0 Å². The van der Waals surface area contributed by atoms with E-state index < -0.39 is 0 Å². The van der Waals surface area contributed by atoms with Crippen LogP contribution >= 0.6 is 12.2 Å². The maximum atomic E-state index is 12.7. The first-order valence-electron chi connectivity index (χ1n) is 8.04. The van der Waals surface area contributed by atoms with Crippen molar-refractivity contribution in [3.63, 3.8) is 0 Å². The number of thiocarbonyl (C=S) groups is 1. The second kappa shape index (κ2) is 8.18. The molecule has 0 aliphatic carbocycles. The number of carbonyl (C=O) groups excluding carboxylic acids is 1. The minimum absolute atomic E-state index is 0.0397. The van der Waals surface area contributed by atoms with E-state index in [0.29, 0.717) is 16.8 Å². The van der Waals surface area contributed by atoms with Crippen LogP contribution in [-0.2, 0) is 0 Å². The highest BCUT2D eigenvalue weighted by Crippen LogP contribution is 2.16. The first kappa shape index (κ1) is 17.5. The Hall–Kier alpha value is -3.31. The van der Waals surface area contributed by atoms with Crippen LogP contribution in [0.2, 0.25) is 0 Å². The topological polar surface area (TPSA) is 67.5 Å². The number of nitrogens with one attached hydrogen (secondary N) is 1. The van der Waals surface area contributed by atoms with Gasteiger partial charge < -0.3 is 5.73 Å². The van der Waals surface area contributed by atoms with Crippen LogP contribution in [-0.4, -0.2) is 16.6 Å². The van der Waals surface area contributed by atoms with Crippen molar-refractivity contribution in [3.8, 4) is 0 Å². The molecule has 0 atom stereocenters. The normalized spacial score (nSPS) is 11.0. The summed E-state index contributed by atoms with van der Waals surface area (Å²) in [4.78, 5) is 12.7. The van der Waals surface area contributed by atoms with E-state index in [9.17, 15) is 4.79 Å². The maximum Gasteiger partial charge on any atom is 0.193 e. The molecule has 3 rings (SSSR count). The van der Waals surface area contributed by atoms with Crippen LogP contribution < -0.4 is 11.2 Å². The maximum absolute atomic E-state index is 12.7. The highest BCUT2D eigenvalue weighted by Gasteiger charge is 2.12. The fourth-order valence-corrected chi connectivity index (χ4v) is 2.61. The first-order chi connectivity index (χ1) is 12.6. The van der Waals surface area contributed by atoms with Crippen LogP contribution in [0.4, 0.5) is 0 Å². The standard InChI is InChI=1S/C21H17N3OS/c22-21(26)24-23-19(15-8-3-1-4-9-15)17-12-7-13-18(14-17)20(25)16-10-5-2-6-11-16/h1-14H,(H3,22,24,26). The summed E-state index contributed by atoms with van der Waals surface area (Å²) in [6.07, 6.45) is 0. The van der Waals surface area contributed by atoms with Gasteiger partial charge in [0.25, 0.3) is 0 Å². The van der Waals surface area contributed by atoms with Gasteiger partial charge >= 0.3 is 0 Å². The number of ketones is 1. The average Bonchev–Trinajstić information content (AvgIpc) is 2.69. The lowest BCUT2D eigenvalue weighted by Gasteiger charge is -2.09. The fourth-order valence-electron chi connectivity index (χ4n) is 2.57. The molecule has 4 nitrogen and oxygen atoms in total. The Kier molecular flexibility index (Phi) is 5.51. The van der Waals surface area contributed by atoms with Gasteiger partial charge in [-0.1, -0.05) is 78.9 Å². The Labute approximate surface area is 157 Å². The van der Waals surface area contributed by atoms with E-state index in [1.54, 1.807) is 18.2 Å². The van der Waals surface area contributed by atoms with E-state index in [1.165, 1.54) is 0 Å². The number of hydrogen-bond acceptors (Lipinski definition) is 3. The zero-order valence-electron chi connectivity index (χ0n) is 13.9. The van der Waals surface area contributed by atoms with Crippen molar-refractivity contribution in [2.24, 2.45) is 10.8 Å². The van der Waals surface area contributed by atoms with Gasteiger partial charge in [0.1, 0.15) is 0 Å². The third kappa shape index (κ3) is 4.20. The molecule has 0 saturated carbocycles. The van der Waals surface area contributed by atoms with Gasteiger partial charge in [0.15, 0.2) is 10.9 Å². The van der Waals surface area contributed by atoms with Crippen molar-refractivity contribution in [1.29, 1.82) is 0 Å². The zero-order chi connectivity index (χ0) is 18.4. The van der Waals surface area contributed by atoms with Crippen molar-refractivity contribution in [2.45, 2.75) is 0 Å². The molecule has 0 heterocycles. The van der Waals surface area contributed by atoms with Crippen molar-refractivity contribution in [1.82, 2.24) is 5.43 Å². The van der Waals surface area contributed by atoms with Gasteiger partial charge in [-0.15, -0.1) is 0 Å². The molecule has 0 aromatic heterocycles. The van der Waals surface area contributed by atoms with Crippen molar-refractivity contribution in [2.75, 3.05) is 0 Å². The Morgan fingerprint density at radius 3 is 1.92 bits per heavy atom. The SMILES string of the molecule is NC(=S)NN=C(c1ccccc1)c1cccc(C(=O)c2ccccc2)c1. The van der Waals surface area contributed by atoms with Gasteiger partial charge in [-0.25, -0.2) is 0 Å². The third-order valence-corrected chi connectivity index (χ3v) is 3.85. The molecular formula is C21H17N3OS. The fraction of sp³-hybridized carbons (Fsp3) is 0. The van der Waals surface area contributed by atoms with E-state index >= 15 is 0 Å². The van der Waals surface area contributed by atoms with Crippen molar-refractivity contribution < 1.29 is 4.79 Å². The molecule has 0 unspecified atom stereocenters. The van der Waals surface area contributed by atoms with Gasteiger partial charge in [-0.05, 0) is 18.3 Å². The molecule has 3 N–H and O–H groups in total. The van der Waals surface area contributed by atoms with Gasteiger partial charge in [0.05, 0.1) is 5.71 Å². The Balaban J connectivity index is 2.02. The molecule has 128 valence electrons. The largest absolute Gasteiger partial charge is 0.375 e. The molecule has 0 saturated heterocycles. The summed E-state index contributed by atoms with van der Waals surface area (Å²) < 4.78 is 0. The molecule has 3 aromatic carbocycles. The summed E-state index contributed by atoms with van der Waals surface area (Å²) in [5.41, 5.74) is 11.7. The minimum Gasteiger partial charge on any atom is -0.375 e. The molecule has 5 heteroatoms. The summed E-state index contributed by atoms with van der Waals surface area (Å²) in [5, 5.41) is 4.40. The minimum atomic E-state index is -0.0397. The van der Waals surface area contributed by atoms with Gasteiger partial charge in [-0.2, -0.15) is 5.10 Å². The molecular weight excluding hydrogens is 342 g/mol. The summed E-state index contributed by atoms with van der Waals surface area (Å²) in [5.74, 6) is -0.0397. The van der Waals surface area contributed by atoms with E-state index in [-0.39, 0.29) is 10.9 Å². The van der Waals surface area contributed by atoms with E-state index in [0.717, 1.165) is 11.1 Å². The summed E-state index contributed by atoms with van der Waals surface area (Å²) in [6, 6.07) is 26.2. The lowest BCUT2D eigenvalue weighted by Crippen LogP contribution is -2.26. The molecule has 0 radical (unpaired) electrons. The van der Waals surface area contributed by atoms with Gasteiger partial charge in [0, 0.05) is 22.3 Å². The van der Waals surface area contributed by atoms with Crippen LogP contribution in [0.15, 0.2) is 90.0 Å². The summed E-state index contributed by atoms with van der Waals surface area (Å²) in [7, 11) is 0. The zero-order valence-corrected chi connectivity index (χ0v) is 14.7. The molecule has 0 aliphatic heterocycles. The molecule has 0 spiro atoms. The lowest BCUT2D eigenvalue weighted by molar-refractivity contribution is 0.103. The molecule has 26 heavy (non-hydrogen) atoms. The predicted molar refractivity (Wildman–Crippen MR) is 108 cm³/mol. The Morgan fingerprint density at radius 1 is 0.769 bits per heavy atom. The van der Waals surface area contributed by atoms with Crippen LogP contribution in [0, 0.1) is 0 Å². The average molecular weight is 359 g/mol. The van der Waals surface area contributed by atoms with E-state index in [2.05, 4.69) is 10.5 Å². The second-order valence-corrected chi connectivity index (χ2v) is 6.02. The lowest BCUT2D eigenvalue weighted by atomic mass is 9.97. The Morgan fingerprint density at radius 2 is 1.31 bits per heavy atom. The summed E-state index contributed by atoms with van der Waals surface area (Å²) >= 11 is 4.85. The van der Waals surface area contributed by atoms with Crippen LogP contribution in [0.1, 0.15) is 27.0 Å². The number of nitrogens with two attached hydrogens (primary N) is 1. The highest BCUT2D eigenvalue weighted by atomic mass is 32.1. The number of nitrogens with zero attached hydrogens (tertiary/aromatic N) is 1. The van der Waals surface area contributed by atoms with E-state index in [4.69, 9.17) is 18.0 Å². The third-order valence-electron chi connectivity index (χ3n) is 3.76. The predicted octanol–water partition coefficient (Wildman–Crippen LogP) is 3.50. The number of hydrazone groups is 1. The summed E-state index contributed by atoms with van der Waals surface area (Å²) in [6.45, 7) is 0. The van der Waals surface area contributed by atoms with Crippen LogP contribution in [0.5, 0.6) is 0 Å². The quantitative estimate of drug-likeness (QED) is 0.317. The monoisotopic (exact) mass is 359 g/mol. The van der Waals surface area contributed by atoms with E-state index in [1.807, 2.05) is 66.7 Å². The molecule has 3 aromatic rings. The van der Waals surface area contributed by atoms with Crippen molar-refractivity contribution in [3.05, 3.63) is 107 Å². The highest BCUT2D eigenvalue weighted by molar-refractivity contribution is 7.80. The molecule has 0 aliphatic rings. The second-order valence-electron chi connectivity index (χ2n) is 5.58. The van der Waals surface area contributed by atoms with Crippen LogP contribution in [0.3, 0.4) is 0 Å². The number of carbonyl (C=O) groups is 1. The van der Waals surface area contributed by atoms with Crippen molar-refractivity contribution >= 4 is 28.8 Å². The first-order valence-corrected chi connectivity index (χ1v) is 8.45. The number of hydrogen-bond donors (Lipinski definition) is 2. The molecule has 0 bridgehead atoms. The molecule has 0 amide bonds. The molecule has 0 fully saturated rings. The number of rotatable bonds is 5.